The first-order valence-electron chi connectivity index (χ1n) is 8.34. The lowest BCUT2D eigenvalue weighted by atomic mass is 10.0. The number of nitrogens with two attached hydrogens (primary N) is 1. The Morgan fingerprint density at radius 2 is 1.85 bits per heavy atom. The molecule has 1 rings (SSSR count). The molecule has 5 nitrogen and oxygen atoms in total. The van der Waals surface area contributed by atoms with Crippen LogP contribution in [0.5, 0.6) is 0 Å². The van der Waals surface area contributed by atoms with Gasteiger partial charge in [0.25, 0.3) is 0 Å². The minimum absolute atomic E-state index is 0.108. The molecule has 0 aliphatic heterocycles. The van der Waals surface area contributed by atoms with Gasteiger partial charge in [0.15, 0.2) is 0 Å². The summed E-state index contributed by atoms with van der Waals surface area (Å²) in [4.78, 5) is 23.8. The van der Waals surface area contributed by atoms with E-state index in [4.69, 9.17) is 22.1 Å². The van der Waals surface area contributed by atoms with Crippen LogP contribution in [0.2, 0.25) is 5.02 Å². The third kappa shape index (κ3) is 7.76. The number of carbonyl (C=O) groups is 2. The summed E-state index contributed by atoms with van der Waals surface area (Å²) in [6.07, 6.45) is -4.16. The smallest absolute Gasteiger partial charge is 0.393 e. The number of nitrogens with one attached hydrogen (secondary N) is 1. The molecule has 0 saturated carbocycles. The van der Waals surface area contributed by atoms with Crippen LogP contribution in [-0.4, -0.2) is 29.7 Å². The van der Waals surface area contributed by atoms with E-state index >= 15 is 0 Å². The number of anilines is 1. The molecule has 0 spiro atoms. The van der Waals surface area contributed by atoms with E-state index in [-0.39, 0.29) is 23.1 Å². The number of hydrogen-bond donors (Lipinski definition) is 2. The monoisotopic (exact) mass is 408 g/mol. The number of aryl methyl sites for hydroxylation is 1. The van der Waals surface area contributed by atoms with Crippen molar-refractivity contribution in [2.45, 2.75) is 58.4 Å². The maximum Gasteiger partial charge on any atom is 0.393 e. The zero-order chi connectivity index (χ0) is 21.0. The van der Waals surface area contributed by atoms with E-state index in [0.29, 0.717) is 12.0 Å². The van der Waals surface area contributed by atoms with Gasteiger partial charge in [0.2, 0.25) is 5.91 Å². The van der Waals surface area contributed by atoms with Crippen molar-refractivity contribution in [3.05, 3.63) is 28.8 Å². The third-order valence-corrected chi connectivity index (χ3v) is 4.01. The molecule has 1 aromatic carbocycles. The number of amides is 1. The number of rotatable bonds is 6. The fourth-order valence-electron chi connectivity index (χ4n) is 2.11. The minimum Gasteiger partial charge on any atom is -0.460 e. The van der Waals surface area contributed by atoms with E-state index in [9.17, 15) is 22.8 Å². The van der Waals surface area contributed by atoms with Gasteiger partial charge in [-0.25, -0.2) is 0 Å². The van der Waals surface area contributed by atoms with Crippen LogP contribution in [0.25, 0.3) is 0 Å². The molecule has 1 aromatic rings. The number of benzene rings is 1. The van der Waals surface area contributed by atoms with Gasteiger partial charge in [-0.2, -0.15) is 13.2 Å². The zero-order valence-electron chi connectivity index (χ0n) is 15.6. The molecule has 9 heteroatoms. The summed E-state index contributed by atoms with van der Waals surface area (Å²) in [6, 6.07) is 2.86. The summed E-state index contributed by atoms with van der Waals surface area (Å²) in [5.74, 6) is -3.39. The molecule has 2 atom stereocenters. The number of halogens is 4. The summed E-state index contributed by atoms with van der Waals surface area (Å²) >= 11 is 5.99. The highest BCUT2D eigenvalue weighted by Crippen LogP contribution is 2.29. The van der Waals surface area contributed by atoms with Crippen LogP contribution >= 0.6 is 11.6 Å². The molecule has 0 fully saturated rings. The Morgan fingerprint density at radius 1 is 1.26 bits per heavy atom. The predicted molar refractivity (Wildman–Crippen MR) is 97.4 cm³/mol. The second-order valence-electron chi connectivity index (χ2n) is 7.25. The van der Waals surface area contributed by atoms with Crippen molar-refractivity contribution < 1.29 is 27.5 Å². The van der Waals surface area contributed by atoms with Gasteiger partial charge in [0.1, 0.15) is 5.60 Å². The summed E-state index contributed by atoms with van der Waals surface area (Å²) in [5, 5.41) is 2.47. The van der Waals surface area contributed by atoms with Crippen molar-refractivity contribution in [2.75, 3.05) is 5.32 Å². The van der Waals surface area contributed by atoms with Crippen molar-refractivity contribution in [1.29, 1.82) is 0 Å². The number of alkyl halides is 3. The molecule has 152 valence electrons. The fourth-order valence-corrected chi connectivity index (χ4v) is 2.27. The largest absolute Gasteiger partial charge is 0.460 e. The molecule has 27 heavy (non-hydrogen) atoms. The van der Waals surface area contributed by atoms with E-state index in [2.05, 4.69) is 5.32 Å². The third-order valence-electron chi connectivity index (χ3n) is 3.68. The summed E-state index contributed by atoms with van der Waals surface area (Å²) in [6.45, 7) is 6.10. The minimum atomic E-state index is -4.59. The lowest BCUT2D eigenvalue weighted by Crippen LogP contribution is -2.46. The average molecular weight is 409 g/mol. The van der Waals surface area contributed by atoms with E-state index in [1.54, 1.807) is 26.8 Å². The summed E-state index contributed by atoms with van der Waals surface area (Å²) in [7, 11) is 0. The molecule has 0 aliphatic carbocycles. The topological polar surface area (TPSA) is 81.4 Å². The van der Waals surface area contributed by atoms with Crippen LogP contribution in [-0.2, 0) is 20.7 Å². The number of carbonyl (C=O) groups excluding carboxylic acids is 2. The molecule has 0 aliphatic rings. The Morgan fingerprint density at radius 3 is 2.37 bits per heavy atom. The van der Waals surface area contributed by atoms with Gasteiger partial charge in [-0.05, 0) is 44.9 Å². The maximum atomic E-state index is 12.7. The van der Waals surface area contributed by atoms with Crippen LogP contribution in [0.1, 0.15) is 39.7 Å². The van der Waals surface area contributed by atoms with Crippen LogP contribution in [0.3, 0.4) is 0 Å². The van der Waals surface area contributed by atoms with Crippen molar-refractivity contribution in [2.24, 2.45) is 11.7 Å². The molecule has 0 heterocycles. The standard InChI is InChI=1S/C18H24ClF3N2O3/c1-10(18(20,21)22)15(23)16(26)24-13-9-11(5-7-12(13)19)6-8-14(25)27-17(2,3)4/h5,7,9-10,15H,6,8,23H2,1-4H3,(H,24,26). The van der Waals surface area contributed by atoms with Crippen molar-refractivity contribution in [1.82, 2.24) is 0 Å². The van der Waals surface area contributed by atoms with Gasteiger partial charge in [0.05, 0.1) is 22.7 Å². The fraction of sp³-hybridized carbons (Fsp3) is 0.556. The highest BCUT2D eigenvalue weighted by Gasteiger charge is 2.42. The van der Waals surface area contributed by atoms with Crippen molar-refractivity contribution >= 4 is 29.2 Å². The molecular formula is C18H24ClF3N2O3. The van der Waals surface area contributed by atoms with Gasteiger partial charge >= 0.3 is 12.1 Å². The van der Waals surface area contributed by atoms with E-state index in [0.717, 1.165) is 6.92 Å². The molecule has 0 radical (unpaired) electrons. The lowest BCUT2D eigenvalue weighted by molar-refractivity contribution is -0.176. The molecule has 0 saturated heterocycles. The SMILES string of the molecule is CC(C(N)C(=O)Nc1cc(CCC(=O)OC(C)(C)C)ccc1Cl)C(F)(F)F. The first-order valence-corrected chi connectivity index (χ1v) is 8.72. The molecule has 1 amide bonds. The molecular weight excluding hydrogens is 385 g/mol. The molecule has 0 aromatic heterocycles. The van der Waals surface area contributed by atoms with Gasteiger partial charge in [-0.3, -0.25) is 9.59 Å². The second-order valence-corrected chi connectivity index (χ2v) is 7.65. The molecule has 0 bridgehead atoms. The summed E-state index contributed by atoms with van der Waals surface area (Å²) in [5.41, 5.74) is 5.61. The van der Waals surface area contributed by atoms with Crippen molar-refractivity contribution in [3.8, 4) is 0 Å². The lowest BCUT2D eigenvalue weighted by Gasteiger charge is -2.22. The van der Waals surface area contributed by atoms with Gasteiger partial charge in [0, 0.05) is 6.42 Å². The Kier molecular flexibility index (Phi) is 7.68. The number of esters is 1. The van der Waals surface area contributed by atoms with E-state index < -0.39 is 29.6 Å². The van der Waals surface area contributed by atoms with Crippen LogP contribution < -0.4 is 11.1 Å². The van der Waals surface area contributed by atoms with Gasteiger partial charge < -0.3 is 15.8 Å². The van der Waals surface area contributed by atoms with Gasteiger partial charge in [-0.15, -0.1) is 0 Å². The van der Waals surface area contributed by atoms with Gasteiger partial charge in [-0.1, -0.05) is 24.6 Å². The average Bonchev–Trinajstić information content (AvgIpc) is 2.51. The highest BCUT2D eigenvalue weighted by atomic mass is 35.5. The van der Waals surface area contributed by atoms with Crippen LogP contribution in [0.4, 0.5) is 18.9 Å². The second kappa shape index (κ2) is 8.93. The first kappa shape index (κ1) is 23.2. The first-order chi connectivity index (χ1) is 12.2. The maximum absolute atomic E-state index is 12.7. The zero-order valence-corrected chi connectivity index (χ0v) is 16.4. The Bertz CT molecular complexity index is 687. The normalized spacial score (nSPS) is 14.4. The number of hydrogen-bond acceptors (Lipinski definition) is 4. The Labute approximate surface area is 161 Å². The van der Waals surface area contributed by atoms with Crippen LogP contribution in [0.15, 0.2) is 18.2 Å². The molecule has 3 N–H and O–H groups in total. The van der Waals surface area contributed by atoms with E-state index in [1.807, 2.05) is 0 Å². The Balaban J connectivity index is 2.79. The predicted octanol–water partition coefficient (Wildman–Crippen LogP) is 4.08. The quantitative estimate of drug-likeness (QED) is 0.695. The molecule has 2 unspecified atom stereocenters. The Hall–Kier alpha value is -1.80. The van der Waals surface area contributed by atoms with E-state index in [1.165, 1.54) is 12.1 Å². The summed E-state index contributed by atoms with van der Waals surface area (Å²) < 4.78 is 43.3. The van der Waals surface area contributed by atoms with Crippen LogP contribution in [0, 0.1) is 5.92 Å². The highest BCUT2D eigenvalue weighted by molar-refractivity contribution is 6.33. The number of ether oxygens (including phenoxy) is 1. The van der Waals surface area contributed by atoms with Crippen molar-refractivity contribution in [3.63, 3.8) is 0 Å².